The molecule has 7 nitrogen and oxygen atoms in total. The highest BCUT2D eigenvalue weighted by atomic mass is 16.5. The number of hydrogen-bond acceptors (Lipinski definition) is 6. The molecule has 1 amide bonds. The molecule has 0 aliphatic rings. The van der Waals surface area contributed by atoms with Gasteiger partial charge in [-0.3, -0.25) is 4.79 Å². The molecule has 0 bridgehead atoms. The number of aryl methyl sites for hydroxylation is 1. The molecule has 0 radical (unpaired) electrons. The molecule has 0 atom stereocenters. The SMILES string of the molecule is COc1ccc(Nc2cc(C(=O)Nc3ccccc3C)ncn2)c(OC)c1. The number of nitrogens with one attached hydrogen (secondary N) is 2. The van der Waals surface area contributed by atoms with Crippen LogP contribution in [-0.4, -0.2) is 30.1 Å². The van der Waals surface area contributed by atoms with Gasteiger partial charge in [0.2, 0.25) is 0 Å². The van der Waals surface area contributed by atoms with Crippen LogP contribution in [0.5, 0.6) is 11.5 Å². The lowest BCUT2D eigenvalue weighted by molar-refractivity contribution is 0.102. The summed E-state index contributed by atoms with van der Waals surface area (Å²) in [6.07, 6.45) is 1.34. The summed E-state index contributed by atoms with van der Waals surface area (Å²) in [5.74, 6) is 1.44. The smallest absolute Gasteiger partial charge is 0.274 e. The van der Waals surface area contributed by atoms with Crippen molar-refractivity contribution in [2.45, 2.75) is 6.92 Å². The van der Waals surface area contributed by atoms with Crippen LogP contribution in [0.15, 0.2) is 54.9 Å². The average Bonchev–Trinajstić information content (AvgIpc) is 2.70. The molecule has 0 saturated heterocycles. The van der Waals surface area contributed by atoms with Gasteiger partial charge in [0.05, 0.1) is 19.9 Å². The predicted octanol–water partition coefficient (Wildman–Crippen LogP) is 3.80. The summed E-state index contributed by atoms with van der Waals surface area (Å²) in [4.78, 5) is 20.7. The molecule has 3 aromatic rings. The van der Waals surface area contributed by atoms with E-state index in [0.29, 0.717) is 23.0 Å². The zero-order valence-electron chi connectivity index (χ0n) is 15.3. The quantitative estimate of drug-likeness (QED) is 0.692. The maximum Gasteiger partial charge on any atom is 0.274 e. The normalized spacial score (nSPS) is 10.2. The molecule has 3 rings (SSSR count). The molecule has 0 spiro atoms. The minimum Gasteiger partial charge on any atom is -0.497 e. The van der Waals surface area contributed by atoms with Crippen molar-refractivity contribution < 1.29 is 14.3 Å². The molecule has 0 saturated carbocycles. The van der Waals surface area contributed by atoms with E-state index < -0.39 is 0 Å². The third-order valence-corrected chi connectivity index (χ3v) is 3.96. The first kappa shape index (κ1) is 18.2. The predicted molar refractivity (Wildman–Crippen MR) is 104 cm³/mol. The number of ether oxygens (including phenoxy) is 2. The summed E-state index contributed by atoms with van der Waals surface area (Å²) < 4.78 is 10.6. The van der Waals surface area contributed by atoms with Crippen molar-refractivity contribution in [1.82, 2.24) is 9.97 Å². The molecule has 7 heteroatoms. The van der Waals surface area contributed by atoms with E-state index in [1.54, 1.807) is 32.4 Å². The minimum absolute atomic E-state index is 0.253. The van der Waals surface area contributed by atoms with Crippen molar-refractivity contribution in [2.24, 2.45) is 0 Å². The molecule has 2 aromatic carbocycles. The van der Waals surface area contributed by atoms with Gasteiger partial charge >= 0.3 is 0 Å². The summed E-state index contributed by atoms with van der Waals surface area (Å²) in [6, 6.07) is 14.5. The summed E-state index contributed by atoms with van der Waals surface area (Å²) in [5.41, 5.74) is 2.67. The maximum absolute atomic E-state index is 12.5. The Kier molecular flexibility index (Phi) is 5.51. The van der Waals surface area contributed by atoms with E-state index in [0.717, 1.165) is 11.3 Å². The topological polar surface area (TPSA) is 85.4 Å². The molecule has 0 unspecified atom stereocenters. The number of amides is 1. The van der Waals surface area contributed by atoms with Crippen LogP contribution in [0.25, 0.3) is 0 Å². The molecule has 1 aromatic heterocycles. The van der Waals surface area contributed by atoms with Crippen molar-refractivity contribution in [3.8, 4) is 11.5 Å². The number of rotatable bonds is 6. The first-order valence-corrected chi connectivity index (χ1v) is 8.29. The van der Waals surface area contributed by atoms with Crippen molar-refractivity contribution in [3.05, 3.63) is 66.1 Å². The van der Waals surface area contributed by atoms with Gasteiger partial charge in [-0.15, -0.1) is 0 Å². The van der Waals surface area contributed by atoms with Crippen molar-refractivity contribution >= 4 is 23.1 Å². The lowest BCUT2D eigenvalue weighted by Crippen LogP contribution is -2.15. The Bertz CT molecular complexity index is 959. The molecular weight excluding hydrogens is 344 g/mol. The van der Waals surface area contributed by atoms with Gasteiger partial charge in [-0.05, 0) is 30.7 Å². The van der Waals surface area contributed by atoms with Gasteiger partial charge in [-0.2, -0.15) is 0 Å². The van der Waals surface area contributed by atoms with Crippen LogP contribution in [0, 0.1) is 6.92 Å². The highest BCUT2D eigenvalue weighted by Gasteiger charge is 2.12. The van der Waals surface area contributed by atoms with E-state index in [1.807, 2.05) is 37.3 Å². The van der Waals surface area contributed by atoms with Crippen LogP contribution < -0.4 is 20.1 Å². The highest BCUT2D eigenvalue weighted by Crippen LogP contribution is 2.31. The van der Waals surface area contributed by atoms with Crippen LogP contribution in [0.4, 0.5) is 17.2 Å². The third kappa shape index (κ3) is 4.33. The van der Waals surface area contributed by atoms with Crippen LogP contribution >= 0.6 is 0 Å². The molecule has 2 N–H and O–H groups in total. The highest BCUT2D eigenvalue weighted by molar-refractivity contribution is 6.03. The van der Waals surface area contributed by atoms with Gasteiger partial charge < -0.3 is 20.1 Å². The monoisotopic (exact) mass is 364 g/mol. The Morgan fingerprint density at radius 3 is 2.52 bits per heavy atom. The molecule has 138 valence electrons. The first-order chi connectivity index (χ1) is 13.1. The molecule has 27 heavy (non-hydrogen) atoms. The number of para-hydroxylation sites is 1. The fourth-order valence-electron chi connectivity index (χ4n) is 2.49. The van der Waals surface area contributed by atoms with Gasteiger partial charge in [-0.1, -0.05) is 18.2 Å². The molecular formula is C20H20N4O3. The van der Waals surface area contributed by atoms with Gasteiger partial charge in [0.1, 0.15) is 29.3 Å². The van der Waals surface area contributed by atoms with Gasteiger partial charge in [0.15, 0.2) is 0 Å². The standard InChI is InChI=1S/C20H20N4O3/c1-13-6-4-5-7-15(13)24-20(25)17-11-19(22-12-21-17)23-16-9-8-14(26-2)10-18(16)27-3/h4-12H,1-3H3,(H,24,25)(H,21,22,23). The summed E-state index contributed by atoms with van der Waals surface area (Å²) in [5, 5.41) is 5.99. The summed E-state index contributed by atoms with van der Waals surface area (Å²) in [7, 11) is 3.16. The Hall–Kier alpha value is -3.61. The number of anilines is 3. The lowest BCUT2D eigenvalue weighted by Gasteiger charge is -2.12. The zero-order valence-corrected chi connectivity index (χ0v) is 15.3. The molecule has 0 fully saturated rings. The summed E-state index contributed by atoms with van der Waals surface area (Å²) in [6.45, 7) is 1.93. The zero-order chi connectivity index (χ0) is 19.2. The second-order valence-electron chi connectivity index (χ2n) is 5.75. The number of methoxy groups -OCH3 is 2. The molecule has 0 aliphatic carbocycles. The summed E-state index contributed by atoms with van der Waals surface area (Å²) >= 11 is 0. The van der Waals surface area contributed by atoms with E-state index in [9.17, 15) is 4.79 Å². The first-order valence-electron chi connectivity index (χ1n) is 8.29. The van der Waals surface area contributed by atoms with Crippen molar-refractivity contribution in [1.29, 1.82) is 0 Å². The second-order valence-corrected chi connectivity index (χ2v) is 5.75. The van der Waals surface area contributed by atoms with E-state index >= 15 is 0 Å². The van der Waals surface area contributed by atoms with Crippen molar-refractivity contribution in [2.75, 3.05) is 24.9 Å². The lowest BCUT2D eigenvalue weighted by atomic mass is 10.2. The van der Waals surface area contributed by atoms with Gasteiger partial charge in [0.25, 0.3) is 5.91 Å². The van der Waals surface area contributed by atoms with E-state index in [2.05, 4.69) is 20.6 Å². The van der Waals surface area contributed by atoms with Gasteiger partial charge in [0, 0.05) is 17.8 Å². The Balaban J connectivity index is 1.80. The Morgan fingerprint density at radius 2 is 1.78 bits per heavy atom. The van der Waals surface area contributed by atoms with Crippen LogP contribution in [-0.2, 0) is 0 Å². The van der Waals surface area contributed by atoms with E-state index in [4.69, 9.17) is 9.47 Å². The number of hydrogen-bond donors (Lipinski definition) is 2. The van der Waals surface area contributed by atoms with Crippen LogP contribution in [0.1, 0.15) is 16.1 Å². The number of aromatic nitrogens is 2. The largest absolute Gasteiger partial charge is 0.497 e. The van der Waals surface area contributed by atoms with E-state index in [1.165, 1.54) is 6.33 Å². The second kappa shape index (κ2) is 8.18. The molecule has 1 heterocycles. The van der Waals surface area contributed by atoms with Gasteiger partial charge in [-0.25, -0.2) is 9.97 Å². The number of nitrogens with zero attached hydrogens (tertiary/aromatic N) is 2. The van der Waals surface area contributed by atoms with Crippen molar-refractivity contribution in [3.63, 3.8) is 0 Å². The Labute approximate surface area is 157 Å². The average molecular weight is 364 g/mol. The number of carbonyl (C=O) groups excluding carboxylic acids is 1. The molecule has 0 aliphatic heterocycles. The minimum atomic E-state index is -0.309. The Morgan fingerprint density at radius 1 is 0.963 bits per heavy atom. The fourth-order valence-corrected chi connectivity index (χ4v) is 2.49. The third-order valence-electron chi connectivity index (χ3n) is 3.96. The fraction of sp³-hybridized carbons (Fsp3) is 0.150. The maximum atomic E-state index is 12.5. The number of benzene rings is 2. The van der Waals surface area contributed by atoms with Crippen LogP contribution in [0.2, 0.25) is 0 Å². The number of carbonyl (C=O) groups is 1. The van der Waals surface area contributed by atoms with Crippen LogP contribution in [0.3, 0.4) is 0 Å². The van der Waals surface area contributed by atoms with E-state index in [-0.39, 0.29) is 11.6 Å².